The zero-order valence-corrected chi connectivity index (χ0v) is 11.0. The molecule has 2 heterocycles. The van der Waals surface area contributed by atoms with Gasteiger partial charge in [-0.3, -0.25) is 4.98 Å². The second-order valence-corrected chi connectivity index (χ2v) is 4.91. The van der Waals surface area contributed by atoms with E-state index in [1.807, 2.05) is 18.2 Å². The standard InChI is InChI=1S/C13H13N3OS/c1-3-14-13-16-12-8-5-4-6-15-11(8)9(17-2)7-10(12)18-13/h4-7H,3H2,1-2H3,(H,14,16). The predicted octanol–water partition coefficient (Wildman–Crippen LogP) is 3.28. The molecule has 3 aromatic rings. The molecule has 3 rings (SSSR count). The molecule has 0 aliphatic heterocycles. The number of aromatic nitrogens is 2. The minimum atomic E-state index is 0.796. The average molecular weight is 259 g/mol. The highest BCUT2D eigenvalue weighted by molar-refractivity contribution is 7.22. The molecule has 0 bridgehead atoms. The Balaban J connectivity index is 2.36. The van der Waals surface area contributed by atoms with Gasteiger partial charge in [-0.2, -0.15) is 0 Å². The number of pyridine rings is 1. The van der Waals surface area contributed by atoms with Gasteiger partial charge in [0.15, 0.2) is 5.13 Å². The van der Waals surface area contributed by atoms with Gasteiger partial charge in [-0.15, -0.1) is 0 Å². The number of rotatable bonds is 3. The topological polar surface area (TPSA) is 47.0 Å². The van der Waals surface area contributed by atoms with Gasteiger partial charge in [0.1, 0.15) is 11.3 Å². The largest absolute Gasteiger partial charge is 0.494 e. The lowest BCUT2D eigenvalue weighted by Gasteiger charge is -2.04. The van der Waals surface area contributed by atoms with E-state index in [9.17, 15) is 0 Å². The van der Waals surface area contributed by atoms with Gasteiger partial charge in [0.2, 0.25) is 0 Å². The number of nitrogens with one attached hydrogen (secondary N) is 1. The Morgan fingerprint density at radius 2 is 2.28 bits per heavy atom. The van der Waals surface area contributed by atoms with Gasteiger partial charge in [-0.25, -0.2) is 4.98 Å². The van der Waals surface area contributed by atoms with Crippen molar-refractivity contribution in [2.45, 2.75) is 6.92 Å². The van der Waals surface area contributed by atoms with Crippen molar-refractivity contribution in [3.8, 4) is 5.75 Å². The summed E-state index contributed by atoms with van der Waals surface area (Å²) in [6.45, 7) is 2.93. The number of fused-ring (bicyclic) bond motifs is 3. The van der Waals surface area contributed by atoms with E-state index in [-0.39, 0.29) is 0 Å². The number of benzene rings is 1. The quantitative estimate of drug-likeness (QED) is 0.784. The van der Waals surface area contributed by atoms with Gasteiger partial charge < -0.3 is 10.1 Å². The summed E-state index contributed by atoms with van der Waals surface area (Å²) in [5.74, 6) is 0.796. The molecule has 0 amide bonds. The van der Waals surface area contributed by atoms with Gasteiger partial charge >= 0.3 is 0 Å². The maximum atomic E-state index is 5.40. The molecule has 1 N–H and O–H groups in total. The monoisotopic (exact) mass is 259 g/mol. The molecule has 18 heavy (non-hydrogen) atoms. The van der Waals surface area contributed by atoms with E-state index in [2.05, 4.69) is 22.2 Å². The maximum absolute atomic E-state index is 5.40. The van der Waals surface area contributed by atoms with Crippen LogP contribution in [0.25, 0.3) is 21.1 Å². The molecule has 0 atom stereocenters. The van der Waals surface area contributed by atoms with Crippen LogP contribution in [0, 0.1) is 0 Å². The summed E-state index contributed by atoms with van der Waals surface area (Å²) in [4.78, 5) is 8.99. The third-order valence-electron chi connectivity index (χ3n) is 2.76. The molecular weight excluding hydrogens is 246 g/mol. The molecule has 1 aromatic carbocycles. The third kappa shape index (κ3) is 1.67. The first kappa shape index (κ1) is 11.2. The SMILES string of the molecule is CCNc1nc2c(cc(OC)c3ncccc32)s1. The molecule has 0 aliphatic carbocycles. The van der Waals surface area contributed by atoms with E-state index in [4.69, 9.17) is 4.74 Å². The lowest BCUT2D eigenvalue weighted by Crippen LogP contribution is -1.94. The van der Waals surface area contributed by atoms with E-state index in [1.165, 1.54) is 0 Å². The molecule has 5 heteroatoms. The van der Waals surface area contributed by atoms with Gasteiger partial charge in [0, 0.05) is 24.2 Å². The Labute approximate surface area is 109 Å². The van der Waals surface area contributed by atoms with Crippen molar-refractivity contribution in [2.24, 2.45) is 0 Å². The number of methoxy groups -OCH3 is 1. The summed E-state index contributed by atoms with van der Waals surface area (Å²) in [5.41, 5.74) is 1.85. The van der Waals surface area contributed by atoms with Crippen LogP contribution in [-0.4, -0.2) is 23.6 Å². The van der Waals surface area contributed by atoms with Crippen molar-refractivity contribution in [1.82, 2.24) is 9.97 Å². The second-order valence-electron chi connectivity index (χ2n) is 3.87. The summed E-state index contributed by atoms with van der Waals surface area (Å²) in [7, 11) is 1.67. The normalized spacial score (nSPS) is 11.0. The van der Waals surface area contributed by atoms with Crippen LogP contribution in [0.2, 0.25) is 0 Å². The van der Waals surface area contributed by atoms with Crippen LogP contribution in [0.5, 0.6) is 5.75 Å². The Kier molecular flexibility index (Phi) is 2.76. The van der Waals surface area contributed by atoms with Crippen molar-refractivity contribution >= 4 is 37.6 Å². The fraction of sp³-hybridized carbons (Fsp3) is 0.231. The van der Waals surface area contributed by atoms with Crippen molar-refractivity contribution in [2.75, 3.05) is 19.0 Å². The van der Waals surface area contributed by atoms with Crippen molar-refractivity contribution in [3.05, 3.63) is 24.4 Å². The number of hydrogen-bond donors (Lipinski definition) is 1. The van der Waals surface area contributed by atoms with Crippen LogP contribution in [0.1, 0.15) is 6.92 Å². The van der Waals surface area contributed by atoms with E-state index in [0.717, 1.165) is 38.5 Å². The molecule has 0 aliphatic rings. The minimum absolute atomic E-state index is 0.796. The van der Waals surface area contributed by atoms with E-state index >= 15 is 0 Å². The smallest absolute Gasteiger partial charge is 0.183 e. The number of ether oxygens (including phenoxy) is 1. The first-order valence-corrected chi connectivity index (χ1v) is 6.61. The Morgan fingerprint density at radius 3 is 3.06 bits per heavy atom. The lowest BCUT2D eigenvalue weighted by atomic mass is 10.2. The highest BCUT2D eigenvalue weighted by Gasteiger charge is 2.12. The van der Waals surface area contributed by atoms with Crippen molar-refractivity contribution < 1.29 is 4.74 Å². The average Bonchev–Trinajstić information content (AvgIpc) is 2.81. The predicted molar refractivity (Wildman–Crippen MR) is 75.6 cm³/mol. The van der Waals surface area contributed by atoms with Gasteiger partial charge in [0.25, 0.3) is 0 Å². The van der Waals surface area contributed by atoms with Gasteiger partial charge in [-0.05, 0) is 19.1 Å². The first-order valence-electron chi connectivity index (χ1n) is 5.79. The fourth-order valence-electron chi connectivity index (χ4n) is 1.99. The van der Waals surface area contributed by atoms with Crippen LogP contribution >= 0.6 is 11.3 Å². The Morgan fingerprint density at radius 1 is 1.39 bits per heavy atom. The zero-order chi connectivity index (χ0) is 12.5. The molecule has 0 unspecified atom stereocenters. The van der Waals surface area contributed by atoms with E-state index in [0.29, 0.717) is 0 Å². The van der Waals surface area contributed by atoms with Gasteiger partial charge in [0.05, 0.1) is 17.3 Å². The number of thiazole rings is 1. The molecule has 92 valence electrons. The molecule has 0 spiro atoms. The highest BCUT2D eigenvalue weighted by atomic mass is 32.1. The van der Waals surface area contributed by atoms with Crippen LogP contribution < -0.4 is 10.1 Å². The molecule has 0 saturated heterocycles. The Hall–Kier alpha value is -1.88. The number of hydrogen-bond acceptors (Lipinski definition) is 5. The maximum Gasteiger partial charge on any atom is 0.183 e. The van der Waals surface area contributed by atoms with Crippen molar-refractivity contribution in [1.29, 1.82) is 0 Å². The molecule has 0 fully saturated rings. The van der Waals surface area contributed by atoms with Crippen LogP contribution in [-0.2, 0) is 0 Å². The number of anilines is 1. The lowest BCUT2D eigenvalue weighted by molar-refractivity contribution is 0.419. The highest BCUT2D eigenvalue weighted by Crippen LogP contribution is 2.36. The van der Waals surface area contributed by atoms with Crippen LogP contribution in [0.3, 0.4) is 0 Å². The summed E-state index contributed by atoms with van der Waals surface area (Å²) in [6, 6.07) is 5.96. The number of nitrogens with zero attached hydrogens (tertiary/aromatic N) is 2. The van der Waals surface area contributed by atoms with Crippen molar-refractivity contribution in [3.63, 3.8) is 0 Å². The molecule has 0 radical (unpaired) electrons. The third-order valence-corrected chi connectivity index (χ3v) is 3.72. The minimum Gasteiger partial charge on any atom is -0.494 e. The first-order chi connectivity index (χ1) is 8.83. The summed E-state index contributed by atoms with van der Waals surface area (Å²) in [5, 5.41) is 5.22. The van der Waals surface area contributed by atoms with Crippen LogP contribution in [0.4, 0.5) is 5.13 Å². The van der Waals surface area contributed by atoms with Crippen LogP contribution in [0.15, 0.2) is 24.4 Å². The molecular formula is C13H13N3OS. The summed E-state index contributed by atoms with van der Waals surface area (Å²) < 4.78 is 6.51. The fourth-order valence-corrected chi connectivity index (χ4v) is 2.97. The summed E-state index contributed by atoms with van der Waals surface area (Å²) >= 11 is 1.64. The van der Waals surface area contributed by atoms with E-state index < -0.39 is 0 Å². The summed E-state index contributed by atoms with van der Waals surface area (Å²) in [6.07, 6.45) is 1.77. The Bertz CT molecular complexity index is 708. The van der Waals surface area contributed by atoms with Gasteiger partial charge in [-0.1, -0.05) is 11.3 Å². The zero-order valence-electron chi connectivity index (χ0n) is 10.2. The second kappa shape index (κ2) is 4.42. The van der Waals surface area contributed by atoms with E-state index in [1.54, 1.807) is 24.6 Å². The molecule has 0 saturated carbocycles. The molecule has 2 aromatic heterocycles. The molecule has 4 nitrogen and oxygen atoms in total.